The van der Waals surface area contributed by atoms with Crippen molar-refractivity contribution in [1.29, 1.82) is 0 Å². The number of carbonyl (C=O) groups excluding carboxylic acids is 1. The van der Waals surface area contributed by atoms with Gasteiger partial charge in [0.1, 0.15) is 17.1 Å². The summed E-state index contributed by atoms with van der Waals surface area (Å²) < 4.78 is 6.41. The number of fused-ring (bicyclic) bond motifs is 1. The molecule has 0 fully saturated rings. The fourth-order valence-electron chi connectivity index (χ4n) is 3.88. The summed E-state index contributed by atoms with van der Waals surface area (Å²) >= 11 is 0. The molecule has 1 amide bonds. The van der Waals surface area contributed by atoms with E-state index in [1.54, 1.807) is 24.3 Å². The zero-order valence-corrected chi connectivity index (χ0v) is 18.0. The minimum Gasteiger partial charge on any atom is -0.507 e. The Labute approximate surface area is 177 Å². The molecule has 0 saturated heterocycles. The molecule has 1 heterocycles. The van der Waals surface area contributed by atoms with Crippen molar-refractivity contribution in [3.8, 4) is 11.5 Å². The van der Waals surface area contributed by atoms with Crippen LogP contribution in [-0.2, 0) is 6.42 Å². The second-order valence-corrected chi connectivity index (χ2v) is 8.18. The first-order valence-corrected chi connectivity index (χ1v) is 10.1. The Kier molecular flexibility index (Phi) is 5.92. The number of carbonyl (C=O) groups is 1. The topological polar surface area (TPSA) is 123 Å². The normalized spacial score (nSPS) is 17.6. The molecule has 0 saturated carbocycles. The van der Waals surface area contributed by atoms with E-state index in [4.69, 9.17) is 16.2 Å². The Hall–Kier alpha value is -3.22. The number of hydrogen-bond acceptors (Lipinski definition) is 4. The van der Waals surface area contributed by atoms with Gasteiger partial charge >= 0.3 is 0 Å². The van der Waals surface area contributed by atoms with Crippen molar-refractivity contribution in [1.82, 2.24) is 5.32 Å². The Bertz CT molecular complexity index is 1010. The molecule has 1 aliphatic heterocycles. The lowest BCUT2D eigenvalue weighted by Gasteiger charge is -2.38. The molecular formula is C23H30N4O3. The number of benzene rings is 2. The lowest BCUT2D eigenvalue weighted by atomic mass is 9.85. The maximum absolute atomic E-state index is 12.5. The van der Waals surface area contributed by atoms with E-state index in [1.165, 1.54) is 0 Å². The Morgan fingerprint density at radius 3 is 2.67 bits per heavy atom. The van der Waals surface area contributed by atoms with Crippen LogP contribution >= 0.6 is 0 Å². The number of aliphatic imine (C=N–C) groups is 1. The molecule has 2 aromatic rings. The van der Waals surface area contributed by atoms with Crippen LogP contribution in [-0.4, -0.2) is 29.1 Å². The number of phenols is 1. The van der Waals surface area contributed by atoms with Crippen molar-refractivity contribution < 1.29 is 14.6 Å². The monoisotopic (exact) mass is 410 g/mol. The van der Waals surface area contributed by atoms with Crippen LogP contribution in [0.15, 0.2) is 29.3 Å². The van der Waals surface area contributed by atoms with Gasteiger partial charge in [0.15, 0.2) is 5.96 Å². The predicted octanol–water partition coefficient (Wildman–Crippen LogP) is 3.13. The minimum atomic E-state index is -0.388. The van der Waals surface area contributed by atoms with Gasteiger partial charge in [-0.3, -0.25) is 4.79 Å². The molecule has 0 aliphatic carbocycles. The summed E-state index contributed by atoms with van der Waals surface area (Å²) in [5.41, 5.74) is 15.2. The highest BCUT2D eigenvalue weighted by Crippen LogP contribution is 2.43. The molecule has 6 N–H and O–H groups in total. The van der Waals surface area contributed by atoms with Gasteiger partial charge in [-0.2, -0.15) is 0 Å². The smallest absolute Gasteiger partial charge is 0.251 e. The SMILES string of the molecule is Cc1c(C)c2c(c(C)c1O)CCC(C)(CCNC(=O)c1cccc(N=C(N)N)c1)O2. The number of ether oxygens (including phenoxy) is 1. The molecule has 0 spiro atoms. The van der Waals surface area contributed by atoms with Gasteiger partial charge in [-0.25, -0.2) is 4.99 Å². The maximum atomic E-state index is 12.5. The molecule has 160 valence electrons. The second kappa shape index (κ2) is 8.26. The molecule has 1 unspecified atom stereocenters. The molecule has 1 aliphatic rings. The van der Waals surface area contributed by atoms with Crippen molar-refractivity contribution in [3.05, 3.63) is 52.1 Å². The number of nitrogens with zero attached hydrogens (tertiary/aromatic N) is 1. The van der Waals surface area contributed by atoms with E-state index in [9.17, 15) is 9.90 Å². The summed E-state index contributed by atoms with van der Waals surface area (Å²) in [6.07, 6.45) is 2.32. The number of amides is 1. The van der Waals surface area contributed by atoms with Crippen LogP contribution in [0.1, 0.15) is 52.4 Å². The van der Waals surface area contributed by atoms with Gasteiger partial charge < -0.3 is 26.6 Å². The van der Waals surface area contributed by atoms with Crippen molar-refractivity contribution >= 4 is 17.6 Å². The van der Waals surface area contributed by atoms with Crippen LogP contribution in [0.2, 0.25) is 0 Å². The maximum Gasteiger partial charge on any atom is 0.251 e. The molecule has 2 aromatic carbocycles. The third-order valence-corrected chi connectivity index (χ3v) is 5.90. The summed E-state index contributed by atoms with van der Waals surface area (Å²) in [5.74, 6) is 0.987. The number of aromatic hydroxyl groups is 1. The van der Waals surface area contributed by atoms with E-state index in [2.05, 4.69) is 17.2 Å². The Morgan fingerprint density at radius 1 is 1.23 bits per heavy atom. The number of rotatable bonds is 5. The Morgan fingerprint density at radius 2 is 1.97 bits per heavy atom. The van der Waals surface area contributed by atoms with Gasteiger partial charge in [-0.1, -0.05) is 6.07 Å². The van der Waals surface area contributed by atoms with Crippen LogP contribution in [0.5, 0.6) is 11.5 Å². The van der Waals surface area contributed by atoms with Gasteiger partial charge in [0.2, 0.25) is 0 Å². The van der Waals surface area contributed by atoms with Crippen LogP contribution in [0.3, 0.4) is 0 Å². The van der Waals surface area contributed by atoms with E-state index in [0.29, 0.717) is 30.0 Å². The van der Waals surface area contributed by atoms with Gasteiger partial charge in [0.05, 0.1) is 5.69 Å². The van der Waals surface area contributed by atoms with E-state index < -0.39 is 0 Å². The van der Waals surface area contributed by atoms with E-state index in [-0.39, 0.29) is 17.5 Å². The average molecular weight is 411 g/mol. The summed E-state index contributed by atoms with van der Waals surface area (Å²) in [6, 6.07) is 6.83. The zero-order chi connectivity index (χ0) is 22.1. The lowest BCUT2D eigenvalue weighted by Crippen LogP contribution is -2.40. The molecule has 0 bridgehead atoms. The largest absolute Gasteiger partial charge is 0.507 e. The summed E-state index contributed by atoms with van der Waals surface area (Å²) in [6.45, 7) is 8.36. The van der Waals surface area contributed by atoms with Crippen LogP contribution in [0.4, 0.5) is 5.69 Å². The van der Waals surface area contributed by atoms with Crippen LogP contribution in [0, 0.1) is 20.8 Å². The first kappa shape index (κ1) is 21.5. The van der Waals surface area contributed by atoms with Gasteiger partial charge in [-0.15, -0.1) is 0 Å². The summed E-state index contributed by atoms with van der Waals surface area (Å²) in [7, 11) is 0. The molecule has 7 nitrogen and oxygen atoms in total. The molecule has 30 heavy (non-hydrogen) atoms. The van der Waals surface area contributed by atoms with Crippen LogP contribution < -0.4 is 21.5 Å². The number of guanidine groups is 1. The van der Waals surface area contributed by atoms with E-state index in [1.807, 2.05) is 20.8 Å². The first-order valence-electron chi connectivity index (χ1n) is 10.1. The molecule has 3 rings (SSSR count). The van der Waals surface area contributed by atoms with Crippen molar-refractivity contribution in [2.45, 2.75) is 52.6 Å². The predicted molar refractivity (Wildman–Crippen MR) is 119 cm³/mol. The van der Waals surface area contributed by atoms with E-state index >= 15 is 0 Å². The van der Waals surface area contributed by atoms with Crippen molar-refractivity contribution in [3.63, 3.8) is 0 Å². The first-order chi connectivity index (χ1) is 14.1. The fourth-order valence-corrected chi connectivity index (χ4v) is 3.88. The van der Waals surface area contributed by atoms with Crippen LogP contribution in [0.25, 0.3) is 0 Å². The second-order valence-electron chi connectivity index (χ2n) is 8.18. The summed E-state index contributed by atoms with van der Waals surface area (Å²) in [4.78, 5) is 16.5. The molecule has 0 aromatic heterocycles. The standard InChI is InChI=1S/C23H30N4O3/c1-13-14(2)20-18(15(3)19(13)28)8-9-23(4,30-20)10-11-26-21(29)16-6-5-7-17(12-16)27-22(24)25/h5-7,12,28H,8-11H2,1-4H3,(H,26,29)(H4,24,25,27). The van der Waals surface area contributed by atoms with Gasteiger partial charge in [0.25, 0.3) is 5.91 Å². The number of hydrogen-bond donors (Lipinski definition) is 4. The highest BCUT2D eigenvalue weighted by atomic mass is 16.5. The zero-order valence-electron chi connectivity index (χ0n) is 18.0. The highest BCUT2D eigenvalue weighted by Gasteiger charge is 2.34. The Balaban J connectivity index is 1.66. The molecule has 1 atom stereocenters. The van der Waals surface area contributed by atoms with Crippen molar-refractivity contribution in [2.75, 3.05) is 6.54 Å². The quantitative estimate of drug-likeness (QED) is 0.445. The third-order valence-electron chi connectivity index (χ3n) is 5.90. The molecule has 7 heteroatoms. The number of nitrogens with one attached hydrogen (secondary N) is 1. The molecular weight excluding hydrogens is 380 g/mol. The van der Waals surface area contributed by atoms with Gasteiger partial charge in [-0.05, 0) is 75.4 Å². The fraction of sp³-hybridized carbons (Fsp3) is 0.391. The number of nitrogens with two attached hydrogens (primary N) is 2. The third kappa shape index (κ3) is 4.35. The minimum absolute atomic E-state index is 0.0516. The molecule has 0 radical (unpaired) electrons. The van der Waals surface area contributed by atoms with Crippen molar-refractivity contribution in [2.24, 2.45) is 16.5 Å². The average Bonchev–Trinajstić information content (AvgIpc) is 2.70. The number of phenolic OH excluding ortho intramolecular Hbond substituents is 1. The summed E-state index contributed by atoms with van der Waals surface area (Å²) in [5, 5.41) is 13.3. The van der Waals surface area contributed by atoms with E-state index in [0.717, 1.165) is 40.8 Å². The van der Waals surface area contributed by atoms with Gasteiger partial charge in [0, 0.05) is 24.1 Å². The highest BCUT2D eigenvalue weighted by molar-refractivity contribution is 5.95. The lowest BCUT2D eigenvalue weighted by molar-refractivity contribution is 0.0543.